The quantitative estimate of drug-likeness (QED) is 0.783. The summed E-state index contributed by atoms with van der Waals surface area (Å²) in [6.07, 6.45) is 0. The number of carbonyl (C=O) groups excluding carboxylic acids is 1. The first-order valence-corrected chi connectivity index (χ1v) is 5.63. The minimum absolute atomic E-state index is 0.218. The third-order valence-corrected chi connectivity index (χ3v) is 2.65. The Kier molecular flexibility index (Phi) is 2.96. The maximum absolute atomic E-state index is 11.7. The molecule has 2 rings (SSSR count). The van der Waals surface area contributed by atoms with E-state index in [0.717, 1.165) is 24.5 Å². The predicted octanol–water partition coefficient (Wildman–Crippen LogP) is 1.24. The smallest absolute Gasteiger partial charge is 0.374 e. The Morgan fingerprint density at radius 1 is 1.56 bits per heavy atom. The maximum atomic E-state index is 11.7. The molecule has 0 saturated heterocycles. The van der Waals surface area contributed by atoms with Crippen molar-refractivity contribution in [3.8, 4) is 0 Å². The van der Waals surface area contributed by atoms with Crippen molar-refractivity contribution in [1.29, 1.82) is 0 Å². The molecular formula is C11H17N3O2. The molecule has 0 bridgehead atoms. The monoisotopic (exact) mass is 223 g/mol. The van der Waals surface area contributed by atoms with Crippen LogP contribution in [0.2, 0.25) is 0 Å². The summed E-state index contributed by atoms with van der Waals surface area (Å²) < 4.78 is 6.98. The van der Waals surface area contributed by atoms with E-state index in [9.17, 15) is 4.79 Å². The van der Waals surface area contributed by atoms with Crippen LogP contribution in [0.5, 0.6) is 0 Å². The third-order valence-electron chi connectivity index (χ3n) is 2.65. The summed E-state index contributed by atoms with van der Waals surface area (Å²) in [5, 5.41) is 3.23. The van der Waals surface area contributed by atoms with Crippen LogP contribution in [0.3, 0.4) is 0 Å². The second kappa shape index (κ2) is 4.25. The second-order valence-electron chi connectivity index (χ2n) is 4.12. The lowest BCUT2D eigenvalue weighted by molar-refractivity contribution is 0.0503. The molecule has 0 aliphatic carbocycles. The third kappa shape index (κ3) is 1.71. The lowest BCUT2D eigenvalue weighted by Gasteiger charge is -2.13. The maximum Gasteiger partial charge on any atom is 0.374 e. The molecule has 0 spiro atoms. The van der Waals surface area contributed by atoms with E-state index in [4.69, 9.17) is 4.74 Å². The van der Waals surface area contributed by atoms with Gasteiger partial charge in [0.05, 0.1) is 18.0 Å². The van der Waals surface area contributed by atoms with E-state index in [-0.39, 0.29) is 12.0 Å². The number of rotatable bonds is 3. The van der Waals surface area contributed by atoms with Crippen LogP contribution >= 0.6 is 0 Å². The minimum Gasteiger partial charge on any atom is -0.460 e. The normalized spacial score (nSPS) is 14.2. The second-order valence-corrected chi connectivity index (χ2v) is 4.12. The molecule has 0 saturated carbocycles. The largest absolute Gasteiger partial charge is 0.460 e. The SMILES string of the molecule is CCOC(=O)c1nc2c(n1C(C)C)CNC2. The Morgan fingerprint density at radius 3 is 2.94 bits per heavy atom. The van der Waals surface area contributed by atoms with Gasteiger partial charge in [-0.15, -0.1) is 0 Å². The molecule has 5 nitrogen and oxygen atoms in total. The number of nitrogens with one attached hydrogen (secondary N) is 1. The number of nitrogens with zero attached hydrogens (tertiary/aromatic N) is 2. The van der Waals surface area contributed by atoms with Crippen LogP contribution in [0.25, 0.3) is 0 Å². The highest BCUT2D eigenvalue weighted by atomic mass is 16.5. The van der Waals surface area contributed by atoms with Gasteiger partial charge in [0.2, 0.25) is 5.82 Å². The first-order chi connectivity index (χ1) is 7.65. The predicted molar refractivity (Wildman–Crippen MR) is 59.1 cm³/mol. The van der Waals surface area contributed by atoms with Gasteiger partial charge in [-0.25, -0.2) is 9.78 Å². The van der Waals surface area contributed by atoms with E-state index < -0.39 is 0 Å². The molecule has 0 atom stereocenters. The van der Waals surface area contributed by atoms with E-state index >= 15 is 0 Å². The molecule has 0 unspecified atom stereocenters. The zero-order chi connectivity index (χ0) is 11.7. The molecule has 0 fully saturated rings. The van der Waals surface area contributed by atoms with Gasteiger partial charge in [-0.1, -0.05) is 0 Å². The van der Waals surface area contributed by atoms with Crippen LogP contribution in [0.1, 0.15) is 48.8 Å². The van der Waals surface area contributed by atoms with Gasteiger partial charge < -0.3 is 14.6 Å². The molecule has 1 N–H and O–H groups in total. The van der Waals surface area contributed by atoms with Crippen LogP contribution in [-0.2, 0) is 17.8 Å². The summed E-state index contributed by atoms with van der Waals surface area (Å²) >= 11 is 0. The number of hydrogen-bond donors (Lipinski definition) is 1. The molecule has 88 valence electrons. The summed E-state index contributed by atoms with van der Waals surface area (Å²) in [5.41, 5.74) is 2.08. The van der Waals surface area contributed by atoms with Crippen molar-refractivity contribution in [2.45, 2.75) is 39.9 Å². The van der Waals surface area contributed by atoms with Crippen LogP contribution in [0, 0.1) is 0 Å². The molecule has 16 heavy (non-hydrogen) atoms. The average Bonchev–Trinajstić information content (AvgIpc) is 2.74. The molecule has 1 aromatic rings. The van der Waals surface area contributed by atoms with E-state index in [1.165, 1.54) is 0 Å². The van der Waals surface area contributed by atoms with Gasteiger partial charge in [-0.05, 0) is 20.8 Å². The summed E-state index contributed by atoms with van der Waals surface area (Å²) in [7, 11) is 0. The number of imidazole rings is 1. The van der Waals surface area contributed by atoms with Crippen molar-refractivity contribution in [3.63, 3.8) is 0 Å². The van der Waals surface area contributed by atoms with E-state index in [0.29, 0.717) is 12.4 Å². The molecule has 1 aromatic heterocycles. The highest BCUT2D eigenvalue weighted by molar-refractivity contribution is 5.86. The Balaban J connectivity index is 2.41. The van der Waals surface area contributed by atoms with Crippen molar-refractivity contribution in [2.75, 3.05) is 6.61 Å². The first-order valence-electron chi connectivity index (χ1n) is 5.63. The number of esters is 1. The van der Waals surface area contributed by atoms with Crippen molar-refractivity contribution >= 4 is 5.97 Å². The Labute approximate surface area is 94.8 Å². The van der Waals surface area contributed by atoms with Gasteiger partial charge in [0.15, 0.2) is 0 Å². The van der Waals surface area contributed by atoms with Crippen LogP contribution in [0.4, 0.5) is 0 Å². The van der Waals surface area contributed by atoms with E-state index in [1.54, 1.807) is 6.92 Å². The number of hydrogen-bond acceptors (Lipinski definition) is 4. The van der Waals surface area contributed by atoms with Crippen molar-refractivity contribution < 1.29 is 9.53 Å². The number of carbonyl (C=O) groups is 1. The highest BCUT2D eigenvalue weighted by Gasteiger charge is 2.26. The number of fused-ring (bicyclic) bond motifs is 1. The van der Waals surface area contributed by atoms with Gasteiger partial charge >= 0.3 is 5.97 Å². The lowest BCUT2D eigenvalue weighted by Crippen LogP contribution is -2.18. The molecule has 5 heteroatoms. The van der Waals surface area contributed by atoms with Gasteiger partial charge in [0.25, 0.3) is 0 Å². The molecule has 1 aliphatic heterocycles. The van der Waals surface area contributed by atoms with Crippen LogP contribution in [-0.4, -0.2) is 22.1 Å². The summed E-state index contributed by atoms with van der Waals surface area (Å²) in [6.45, 7) is 7.79. The van der Waals surface area contributed by atoms with E-state index in [1.807, 2.05) is 18.4 Å². The van der Waals surface area contributed by atoms with Crippen molar-refractivity contribution in [1.82, 2.24) is 14.9 Å². The fraction of sp³-hybridized carbons (Fsp3) is 0.636. The van der Waals surface area contributed by atoms with Crippen molar-refractivity contribution in [2.24, 2.45) is 0 Å². The van der Waals surface area contributed by atoms with Gasteiger partial charge in [-0.2, -0.15) is 0 Å². The minimum atomic E-state index is -0.328. The number of aromatic nitrogens is 2. The molecule has 0 aromatic carbocycles. The van der Waals surface area contributed by atoms with Crippen molar-refractivity contribution in [3.05, 3.63) is 17.2 Å². The standard InChI is InChI=1S/C11H17N3O2/c1-4-16-11(15)10-13-8-5-12-6-9(8)14(10)7(2)3/h7,12H,4-6H2,1-3H3. The summed E-state index contributed by atoms with van der Waals surface area (Å²) in [6, 6.07) is 0.218. The highest BCUT2D eigenvalue weighted by Crippen LogP contribution is 2.22. The van der Waals surface area contributed by atoms with Crippen LogP contribution in [0.15, 0.2) is 0 Å². The van der Waals surface area contributed by atoms with Gasteiger partial charge in [0.1, 0.15) is 0 Å². The topological polar surface area (TPSA) is 56.1 Å². The Bertz CT molecular complexity index is 410. The summed E-state index contributed by atoms with van der Waals surface area (Å²) in [5.74, 6) is 0.106. The molecule has 0 radical (unpaired) electrons. The Morgan fingerprint density at radius 2 is 2.31 bits per heavy atom. The average molecular weight is 223 g/mol. The van der Waals surface area contributed by atoms with Gasteiger partial charge in [0, 0.05) is 19.1 Å². The van der Waals surface area contributed by atoms with Gasteiger partial charge in [-0.3, -0.25) is 0 Å². The molecule has 1 aliphatic rings. The Hall–Kier alpha value is -1.36. The fourth-order valence-electron chi connectivity index (χ4n) is 2.04. The first kappa shape index (κ1) is 11.1. The number of ether oxygens (including phenoxy) is 1. The lowest BCUT2D eigenvalue weighted by atomic mass is 10.3. The van der Waals surface area contributed by atoms with E-state index in [2.05, 4.69) is 10.3 Å². The molecular weight excluding hydrogens is 206 g/mol. The molecule has 0 amide bonds. The summed E-state index contributed by atoms with van der Waals surface area (Å²) in [4.78, 5) is 16.1. The fourth-order valence-corrected chi connectivity index (χ4v) is 2.04. The van der Waals surface area contributed by atoms with Crippen LogP contribution < -0.4 is 5.32 Å². The molecule has 2 heterocycles. The zero-order valence-corrected chi connectivity index (χ0v) is 9.91. The zero-order valence-electron chi connectivity index (χ0n) is 9.91.